The zero-order chi connectivity index (χ0) is 14.4. The molecule has 0 spiro atoms. The van der Waals surface area contributed by atoms with Crippen LogP contribution in [0.2, 0.25) is 0 Å². The Labute approximate surface area is 118 Å². The first-order chi connectivity index (χ1) is 8.93. The van der Waals surface area contributed by atoms with E-state index in [1.807, 2.05) is 26.2 Å². The van der Waals surface area contributed by atoms with Gasteiger partial charge in [0.05, 0.1) is 18.3 Å². The van der Waals surface area contributed by atoms with Crippen LogP contribution in [-0.4, -0.2) is 24.0 Å². The first-order valence-electron chi connectivity index (χ1n) is 6.44. The number of ether oxygens (including phenoxy) is 1. The Kier molecular flexibility index (Phi) is 6.41. The third kappa shape index (κ3) is 5.26. The van der Waals surface area contributed by atoms with E-state index in [1.165, 1.54) is 11.3 Å². The zero-order valence-electron chi connectivity index (χ0n) is 12.0. The molecule has 1 amide bonds. The van der Waals surface area contributed by atoms with Gasteiger partial charge in [-0.3, -0.25) is 4.79 Å². The third-order valence-electron chi connectivity index (χ3n) is 2.78. The first kappa shape index (κ1) is 16.1. The molecule has 0 fully saturated rings. The van der Waals surface area contributed by atoms with Gasteiger partial charge in [-0.2, -0.15) is 0 Å². The highest BCUT2D eigenvalue weighted by atomic mass is 32.1. The van der Waals surface area contributed by atoms with E-state index >= 15 is 0 Å². The maximum atomic E-state index is 11.8. The number of thiazole rings is 1. The number of methoxy groups -OCH3 is 1. The molecule has 0 aliphatic rings. The van der Waals surface area contributed by atoms with E-state index < -0.39 is 6.04 Å². The maximum absolute atomic E-state index is 11.8. The topological polar surface area (TPSA) is 77.2 Å². The standard InChI is InChI=1S/C13H23N3O2S/c1-8(2)5-11(14)12(17)15-6-10-7-19-13(16-10)9(3)18-4/h7-9,11H,5-6,14H2,1-4H3,(H,15,17)/t9?,11-/m0/s1. The van der Waals surface area contributed by atoms with Gasteiger partial charge in [-0.1, -0.05) is 13.8 Å². The summed E-state index contributed by atoms with van der Waals surface area (Å²) < 4.78 is 5.20. The van der Waals surface area contributed by atoms with Crippen molar-refractivity contribution in [2.24, 2.45) is 11.7 Å². The van der Waals surface area contributed by atoms with Crippen LogP contribution in [-0.2, 0) is 16.1 Å². The number of nitrogens with two attached hydrogens (primary N) is 1. The summed E-state index contributed by atoms with van der Waals surface area (Å²) in [6.45, 7) is 6.45. The van der Waals surface area contributed by atoms with E-state index in [1.54, 1.807) is 7.11 Å². The lowest BCUT2D eigenvalue weighted by Crippen LogP contribution is -2.41. The fourth-order valence-corrected chi connectivity index (χ4v) is 2.47. The molecule has 108 valence electrons. The van der Waals surface area contributed by atoms with Crippen LogP contribution in [0.25, 0.3) is 0 Å². The highest BCUT2D eigenvalue weighted by Gasteiger charge is 2.15. The Balaban J connectivity index is 2.44. The van der Waals surface area contributed by atoms with Crippen LogP contribution >= 0.6 is 11.3 Å². The molecule has 0 aliphatic heterocycles. The lowest BCUT2D eigenvalue weighted by atomic mass is 10.0. The van der Waals surface area contributed by atoms with Crippen LogP contribution in [0.1, 0.15) is 44.0 Å². The van der Waals surface area contributed by atoms with Gasteiger partial charge < -0.3 is 15.8 Å². The predicted octanol–water partition coefficient (Wildman–Crippen LogP) is 1.84. The van der Waals surface area contributed by atoms with Crippen LogP contribution < -0.4 is 11.1 Å². The van der Waals surface area contributed by atoms with Crippen molar-refractivity contribution in [3.05, 3.63) is 16.1 Å². The summed E-state index contributed by atoms with van der Waals surface area (Å²) in [6.07, 6.45) is 0.673. The van der Waals surface area contributed by atoms with Gasteiger partial charge in [-0.05, 0) is 19.3 Å². The van der Waals surface area contributed by atoms with Gasteiger partial charge in [0.15, 0.2) is 0 Å². The molecule has 0 radical (unpaired) electrons. The monoisotopic (exact) mass is 285 g/mol. The SMILES string of the molecule is COC(C)c1nc(CNC(=O)[C@@H](N)CC(C)C)cs1. The number of hydrogen-bond acceptors (Lipinski definition) is 5. The number of nitrogens with zero attached hydrogens (tertiary/aromatic N) is 1. The number of nitrogens with one attached hydrogen (secondary N) is 1. The average molecular weight is 285 g/mol. The molecule has 0 aliphatic carbocycles. The minimum Gasteiger partial charge on any atom is -0.375 e. The number of carbonyl (C=O) groups is 1. The number of amides is 1. The Bertz CT molecular complexity index is 406. The predicted molar refractivity (Wildman–Crippen MR) is 76.8 cm³/mol. The van der Waals surface area contributed by atoms with E-state index in [2.05, 4.69) is 10.3 Å². The van der Waals surface area contributed by atoms with E-state index in [4.69, 9.17) is 10.5 Å². The second kappa shape index (κ2) is 7.57. The second-order valence-electron chi connectivity index (χ2n) is 5.01. The summed E-state index contributed by atoms with van der Waals surface area (Å²) in [5.41, 5.74) is 6.65. The highest BCUT2D eigenvalue weighted by Crippen LogP contribution is 2.20. The molecular weight excluding hydrogens is 262 g/mol. The van der Waals surface area contributed by atoms with E-state index in [0.717, 1.165) is 10.7 Å². The molecule has 1 rings (SSSR count). The van der Waals surface area contributed by atoms with Gasteiger partial charge in [0.2, 0.25) is 5.91 Å². The van der Waals surface area contributed by atoms with E-state index in [9.17, 15) is 4.79 Å². The van der Waals surface area contributed by atoms with Crippen molar-refractivity contribution in [2.75, 3.05) is 7.11 Å². The summed E-state index contributed by atoms with van der Waals surface area (Å²) in [7, 11) is 1.65. The van der Waals surface area contributed by atoms with Gasteiger partial charge in [0, 0.05) is 12.5 Å². The minimum absolute atomic E-state index is 0.0161. The average Bonchev–Trinajstić information content (AvgIpc) is 2.82. The molecule has 1 aromatic rings. The molecule has 5 nitrogen and oxygen atoms in total. The quantitative estimate of drug-likeness (QED) is 0.801. The molecule has 2 atom stereocenters. The van der Waals surface area contributed by atoms with Crippen molar-refractivity contribution in [3.8, 4) is 0 Å². The molecule has 19 heavy (non-hydrogen) atoms. The van der Waals surface area contributed by atoms with Crippen molar-refractivity contribution in [1.29, 1.82) is 0 Å². The van der Waals surface area contributed by atoms with Crippen molar-refractivity contribution < 1.29 is 9.53 Å². The smallest absolute Gasteiger partial charge is 0.237 e. The Morgan fingerprint density at radius 2 is 2.21 bits per heavy atom. The zero-order valence-corrected chi connectivity index (χ0v) is 12.8. The normalized spacial score (nSPS) is 14.4. The van der Waals surface area contributed by atoms with Gasteiger partial charge in [0.25, 0.3) is 0 Å². The molecule has 3 N–H and O–H groups in total. The van der Waals surface area contributed by atoms with Gasteiger partial charge in [-0.25, -0.2) is 4.98 Å². The molecule has 1 aromatic heterocycles. The summed E-state index contributed by atoms with van der Waals surface area (Å²) in [5.74, 6) is 0.289. The van der Waals surface area contributed by atoms with Gasteiger partial charge in [-0.15, -0.1) is 11.3 Å². The van der Waals surface area contributed by atoms with E-state index in [-0.39, 0.29) is 12.0 Å². The molecule has 0 bridgehead atoms. The lowest BCUT2D eigenvalue weighted by molar-refractivity contribution is -0.122. The number of carbonyl (C=O) groups excluding carboxylic acids is 1. The first-order valence-corrected chi connectivity index (χ1v) is 7.32. The molecule has 1 heterocycles. The summed E-state index contributed by atoms with van der Waals surface area (Å²) >= 11 is 1.53. The summed E-state index contributed by atoms with van der Waals surface area (Å²) in [5, 5.41) is 5.66. The van der Waals surface area contributed by atoms with Crippen LogP contribution in [0.3, 0.4) is 0 Å². The fraction of sp³-hybridized carbons (Fsp3) is 0.692. The Morgan fingerprint density at radius 3 is 2.79 bits per heavy atom. The number of aromatic nitrogens is 1. The largest absolute Gasteiger partial charge is 0.375 e. The van der Waals surface area contributed by atoms with Gasteiger partial charge in [0.1, 0.15) is 11.1 Å². The van der Waals surface area contributed by atoms with Gasteiger partial charge >= 0.3 is 0 Å². The van der Waals surface area contributed by atoms with Crippen molar-refractivity contribution >= 4 is 17.2 Å². The molecule has 0 saturated heterocycles. The van der Waals surface area contributed by atoms with Crippen LogP contribution in [0.4, 0.5) is 0 Å². The molecule has 0 aromatic carbocycles. The molecule has 6 heteroatoms. The van der Waals surface area contributed by atoms with Crippen LogP contribution in [0.15, 0.2) is 5.38 Å². The summed E-state index contributed by atoms with van der Waals surface area (Å²) in [4.78, 5) is 16.2. The highest BCUT2D eigenvalue weighted by molar-refractivity contribution is 7.09. The summed E-state index contributed by atoms with van der Waals surface area (Å²) in [6, 6.07) is -0.448. The second-order valence-corrected chi connectivity index (χ2v) is 5.90. The Morgan fingerprint density at radius 1 is 1.53 bits per heavy atom. The fourth-order valence-electron chi connectivity index (χ4n) is 1.62. The van der Waals surface area contributed by atoms with E-state index in [0.29, 0.717) is 18.9 Å². The van der Waals surface area contributed by atoms with Crippen molar-refractivity contribution in [2.45, 2.75) is 45.9 Å². The Hall–Kier alpha value is -0.980. The van der Waals surface area contributed by atoms with Crippen LogP contribution in [0, 0.1) is 5.92 Å². The maximum Gasteiger partial charge on any atom is 0.237 e. The lowest BCUT2D eigenvalue weighted by Gasteiger charge is -2.13. The molecule has 1 unspecified atom stereocenters. The molecular formula is C13H23N3O2S. The van der Waals surface area contributed by atoms with Crippen LogP contribution in [0.5, 0.6) is 0 Å². The minimum atomic E-state index is -0.448. The van der Waals surface area contributed by atoms with Crippen molar-refractivity contribution in [3.63, 3.8) is 0 Å². The third-order valence-corrected chi connectivity index (χ3v) is 3.83. The molecule has 0 saturated carbocycles. The number of rotatable bonds is 7. The number of hydrogen-bond donors (Lipinski definition) is 2. The van der Waals surface area contributed by atoms with Crippen molar-refractivity contribution in [1.82, 2.24) is 10.3 Å².